The van der Waals surface area contributed by atoms with E-state index in [9.17, 15) is 4.79 Å². The van der Waals surface area contributed by atoms with Crippen molar-refractivity contribution in [3.63, 3.8) is 0 Å². The number of carbonyl (C=O) groups excluding carboxylic acids is 1. The maximum Gasteiger partial charge on any atom is 0.161 e. The van der Waals surface area contributed by atoms with Crippen LogP contribution in [-0.2, 0) is 11.2 Å². The highest BCUT2D eigenvalue weighted by Crippen LogP contribution is 2.42. The van der Waals surface area contributed by atoms with Crippen molar-refractivity contribution in [3.05, 3.63) is 47.0 Å². The Morgan fingerprint density at radius 3 is 2.88 bits per heavy atom. The molecule has 0 saturated carbocycles. The number of benzene rings is 1. The Labute approximate surface area is 96.2 Å². The van der Waals surface area contributed by atoms with Crippen molar-refractivity contribution in [2.75, 3.05) is 0 Å². The summed E-state index contributed by atoms with van der Waals surface area (Å²) >= 11 is 0. The van der Waals surface area contributed by atoms with E-state index in [1.165, 1.54) is 11.1 Å². The maximum atomic E-state index is 12.1. The molecule has 1 aromatic carbocycles. The quantitative estimate of drug-likeness (QED) is 0.645. The van der Waals surface area contributed by atoms with E-state index < -0.39 is 0 Å². The second-order valence-electron chi connectivity index (χ2n) is 4.94. The Morgan fingerprint density at radius 1 is 1.19 bits per heavy atom. The molecule has 1 nitrogen and oxygen atoms in total. The van der Waals surface area contributed by atoms with Crippen LogP contribution in [0, 0.1) is 5.92 Å². The van der Waals surface area contributed by atoms with Gasteiger partial charge in [0.25, 0.3) is 0 Å². The predicted octanol–water partition coefficient (Wildman–Crippen LogP) is 3.25. The largest absolute Gasteiger partial charge is 0.294 e. The summed E-state index contributed by atoms with van der Waals surface area (Å²) in [6.07, 6.45) is 5.26. The molecule has 0 fully saturated rings. The zero-order valence-corrected chi connectivity index (χ0v) is 9.57. The second-order valence-corrected chi connectivity index (χ2v) is 4.94. The maximum absolute atomic E-state index is 12.1. The van der Waals surface area contributed by atoms with Gasteiger partial charge in [-0.2, -0.15) is 0 Å². The minimum absolute atomic E-state index is 0.250. The Hall–Kier alpha value is -1.37. The number of rotatable bonds is 0. The van der Waals surface area contributed by atoms with Gasteiger partial charge in [-0.15, -0.1) is 0 Å². The van der Waals surface area contributed by atoms with Crippen molar-refractivity contribution < 1.29 is 4.79 Å². The normalized spacial score (nSPS) is 28.1. The summed E-state index contributed by atoms with van der Waals surface area (Å²) in [7, 11) is 0. The van der Waals surface area contributed by atoms with E-state index in [0.29, 0.717) is 11.7 Å². The molecule has 0 bridgehead atoms. The first-order valence-electron chi connectivity index (χ1n) is 6.06. The average molecular weight is 212 g/mol. The molecule has 2 aliphatic carbocycles. The predicted molar refractivity (Wildman–Crippen MR) is 64.4 cm³/mol. The van der Waals surface area contributed by atoms with E-state index in [4.69, 9.17) is 0 Å². The number of hydrogen-bond acceptors (Lipinski definition) is 1. The number of allylic oxidation sites excluding steroid dienone is 2. The fourth-order valence-corrected chi connectivity index (χ4v) is 3.15. The second kappa shape index (κ2) is 3.58. The molecule has 2 atom stereocenters. The summed E-state index contributed by atoms with van der Waals surface area (Å²) in [6.45, 7) is 1.96. The fourth-order valence-electron chi connectivity index (χ4n) is 3.15. The lowest BCUT2D eigenvalue weighted by Crippen LogP contribution is -2.30. The molecule has 0 radical (unpaired) electrons. The smallest absolute Gasteiger partial charge is 0.161 e. The van der Waals surface area contributed by atoms with E-state index >= 15 is 0 Å². The summed E-state index contributed by atoms with van der Waals surface area (Å²) in [5, 5.41) is 0. The molecule has 3 rings (SSSR count). The Bertz CT molecular complexity index is 470. The van der Waals surface area contributed by atoms with Gasteiger partial charge < -0.3 is 0 Å². The number of ketones is 1. The van der Waals surface area contributed by atoms with Gasteiger partial charge in [0.1, 0.15) is 0 Å². The molecular formula is C15H16O. The van der Waals surface area contributed by atoms with Crippen LogP contribution < -0.4 is 0 Å². The SMILES string of the molecule is CC1=CC[C@H]2c3ccccc3CC[C@H]2C1=O. The first-order valence-corrected chi connectivity index (χ1v) is 6.06. The Balaban J connectivity index is 2.06. The zero-order chi connectivity index (χ0) is 11.1. The Morgan fingerprint density at radius 2 is 2.00 bits per heavy atom. The average Bonchev–Trinajstić information content (AvgIpc) is 2.33. The number of aryl methyl sites for hydroxylation is 1. The van der Waals surface area contributed by atoms with Crippen LogP contribution in [0.2, 0.25) is 0 Å². The third-order valence-corrected chi connectivity index (χ3v) is 4.07. The highest BCUT2D eigenvalue weighted by Gasteiger charge is 2.36. The molecular weight excluding hydrogens is 196 g/mol. The number of carbonyl (C=O) groups is 1. The van der Waals surface area contributed by atoms with Crippen molar-refractivity contribution in [2.45, 2.75) is 32.1 Å². The molecule has 0 amide bonds. The van der Waals surface area contributed by atoms with Crippen LogP contribution in [0.1, 0.15) is 36.8 Å². The van der Waals surface area contributed by atoms with Gasteiger partial charge in [0.2, 0.25) is 0 Å². The summed E-state index contributed by atoms with van der Waals surface area (Å²) in [6, 6.07) is 8.61. The van der Waals surface area contributed by atoms with E-state index in [0.717, 1.165) is 24.8 Å². The molecule has 0 saturated heterocycles. The molecule has 0 aromatic heterocycles. The van der Waals surface area contributed by atoms with Crippen molar-refractivity contribution in [3.8, 4) is 0 Å². The number of fused-ring (bicyclic) bond motifs is 3. The van der Waals surface area contributed by atoms with E-state index in [-0.39, 0.29) is 5.92 Å². The molecule has 0 unspecified atom stereocenters. The lowest BCUT2D eigenvalue weighted by Gasteiger charge is -2.35. The topological polar surface area (TPSA) is 17.1 Å². The highest BCUT2D eigenvalue weighted by molar-refractivity contribution is 5.98. The minimum Gasteiger partial charge on any atom is -0.294 e. The van der Waals surface area contributed by atoms with Gasteiger partial charge in [0.05, 0.1) is 0 Å². The van der Waals surface area contributed by atoms with Crippen molar-refractivity contribution in [2.24, 2.45) is 5.92 Å². The fraction of sp³-hybridized carbons (Fsp3) is 0.400. The lowest BCUT2D eigenvalue weighted by molar-refractivity contribution is -0.120. The third-order valence-electron chi connectivity index (χ3n) is 4.07. The zero-order valence-electron chi connectivity index (χ0n) is 9.57. The molecule has 0 spiro atoms. The lowest BCUT2D eigenvalue weighted by atomic mass is 9.68. The van der Waals surface area contributed by atoms with Crippen LogP contribution in [-0.4, -0.2) is 5.78 Å². The van der Waals surface area contributed by atoms with Crippen LogP contribution in [0.4, 0.5) is 0 Å². The van der Waals surface area contributed by atoms with Gasteiger partial charge in [-0.05, 0) is 48.8 Å². The summed E-state index contributed by atoms with van der Waals surface area (Å²) in [5.41, 5.74) is 3.83. The van der Waals surface area contributed by atoms with Gasteiger partial charge >= 0.3 is 0 Å². The molecule has 0 aliphatic heterocycles. The van der Waals surface area contributed by atoms with Crippen molar-refractivity contribution in [1.82, 2.24) is 0 Å². The van der Waals surface area contributed by atoms with Crippen LogP contribution >= 0.6 is 0 Å². The van der Waals surface area contributed by atoms with Crippen LogP contribution in [0.15, 0.2) is 35.9 Å². The number of Topliss-reactive ketones (excluding diaryl/α,β-unsaturated/α-hetero) is 1. The van der Waals surface area contributed by atoms with Gasteiger partial charge in [0.15, 0.2) is 5.78 Å². The van der Waals surface area contributed by atoms with E-state index in [2.05, 4.69) is 30.3 Å². The molecule has 82 valence electrons. The standard InChI is InChI=1S/C15H16O/c1-10-6-8-13-12-5-3-2-4-11(12)7-9-14(13)15(10)16/h2-6,13-14H,7-9H2,1H3/t13-,14+/m0/s1. The van der Waals surface area contributed by atoms with E-state index in [1.54, 1.807) is 0 Å². The molecule has 0 N–H and O–H groups in total. The first-order chi connectivity index (χ1) is 7.77. The Kier molecular flexibility index (Phi) is 2.20. The summed E-state index contributed by atoms with van der Waals surface area (Å²) in [5.74, 6) is 1.08. The van der Waals surface area contributed by atoms with Crippen LogP contribution in [0.5, 0.6) is 0 Å². The van der Waals surface area contributed by atoms with E-state index in [1.807, 2.05) is 6.92 Å². The summed E-state index contributed by atoms with van der Waals surface area (Å²) < 4.78 is 0. The van der Waals surface area contributed by atoms with Crippen molar-refractivity contribution in [1.29, 1.82) is 0 Å². The van der Waals surface area contributed by atoms with Crippen molar-refractivity contribution >= 4 is 5.78 Å². The van der Waals surface area contributed by atoms with Crippen LogP contribution in [0.25, 0.3) is 0 Å². The van der Waals surface area contributed by atoms with Gasteiger partial charge in [-0.1, -0.05) is 30.3 Å². The molecule has 16 heavy (non-hydrogen) atoms. The van der Waals surface area contributed by atoms with Gasteiger partial charge in [-0.25, -0.2) is 0 Å². The highest BCUT2D eigenvalue weighted by atomic mass is 16.1. The number of hydrogen-bond donors (Lipinski definition) is 0. The molecule has 0 heterocycles. The molecule has 2 aliphatic rings. The molecule has 1 aromatic rings. The first kappa shape index (κ1) is 9.83. The molecule has 1 heteroatoms. The van der Waals surface area contributed by atoms with Crippen LogP contribution in [0.3, 0.4) is 0 Å². The van der Waals surface area contributed by atoms with Gasteiger partial charge in [0, 0.05) is 5.92 Å². The van der Waals surface area contributed by atoms with Gasteiger partial charge in [-0.3, -0.25) is 4.79 Å². The third kappa shape index (κ3) is 1.35. The minimum atomic E-state index is 0.250. The summed E-state index contributed by atoms with van der Waals surface area (Å²) in [4.78, 5) is 12.1. The monoisotopic (exact) mass is 212 g/mol.